The van der Waals surface area contributed by atoms with E-state index < -0.39 is 16.5 Å². The summed E-state index contributed by atoms with van der Waals surface area (Å²) in [7, 11) is -4.67. The molecule has 4 N–H and O–H groups in total. The van der Waals surface area contributed by atoms with E-state index in [1.807, 2.05) is 0 Å². The van der Waals surface area contributed by atoms with Gasteiger partial charge in [-0.05, 0) is 6.42 Å². The summed E-state index contributed by atoms with van der Waals surface area (Å²) in [5.74, 6) is 0. The fraction of sp³-hybridized carbons (Fsp3) is 0.800. The molecule has 0 aromatic heterocycles. The Bertz CT molecular complexity index is 206. The normalized spacial score (nSPS) is 11.7. The molecule has 0 radical (unpaired) electrons. The molecule has 80 valence electrons. The van der Waals surface area contributed by atoms with Crippen molar-refractivity contribution in [1.82, 2.24) is 0 Å². The Morgan fingerprint density at radius 3 is 1.86 bits per heavy atom. The second-order valence-corrected chi connectivity index (χ2v) is 2.86. The zero-order valence-corrected chi connectivity index (χ0v) is 10.4. The SMILES string of the molecule is O=S(=O)(O)O.O=[C-]CCC(O)CO.[Na+]. The molecule has 0 aromatic carbocycles. The Morgan fingerprint density at radius 2 is 1.64 bits per heavy atom. The molecule has 14 heavy (non-hydrogen) atoms. The average molecular weight is 238 g/mol. The molecule has 0 aliphatic carbocycles. The minimum absolute atomic E-state index is 0. The second kappa shape index (κ2) is 11.5. The van der Waals surface area contributed by atoms with Gasteiger partial charge in [0.15, 0.2) is 0 Å². The third-order valence-corrected chi connectivity index (χ3v) is 0.790. The van der Waals surface area contributed by atoms with Gasteiger partial charge in [-0.2, -0.15) is 8.42 Å². The molecule has 1 atom stereocenters. The largest absolute Gasteiger partial charge is 1.00 e. The van der Waals surface area contributed by atoms with E-state index in [1.165, 1.54) is 0 Å². The number of rotatable bonds is 4. The first-order valence-corrected chi connectivity index (χ1v) is 4.54. The predicted molar refractivity (Wildman–Crippen MR) is 42.2 cm³/mol. The summed E-state index contributed by atoms with van der Waals surface area (Å²) in [5, 5.41) is 16.7. The monoisotopic (exact) mass is 238 g/mol. The summed E-state index contributed by atoms with van der Waals surface area (Å²) < 4.78 is 31.6. The minimum Gasteiger partial charge on any atom is -0.542 e. The van der Waals surface area contributed by atoms with Crippen LogP contribution in [0.5, 0.6) is 0 Å². The van der Waals surface area contributed by atoms with Crippen molar-refractivity contribution >= 4 is 16.7 Å². The van der Waals surface area contributed by atoms with E-state index >= 15 is 0 Å². The number of carbonyl (C=O) groups excluding carboxylic acids is 1. The van der Waals surface area contributed by atoms with Crippen LogP contribution in [0.2, 0.25) is 0 Å². The van der Waals surface area contributed by atoms with Crippen LogP contribution in [0.15, 0.2) is 0 Å². The first kappa shape index (κ1) is 19.9. The molecule has 0 spiro atoms. The van der Waals surface area contributed by atoms with Crippen molar-refractivity contribution in [3.8, 4) is 0 Å². The summed E-state index contributed by atoms with van der Waals surface area (Å²) in [4.78, 5) is 9.51. The zero-order valence-electron chi connectivity index (χ0n) is 7.62. The fourth-order valence-corrected chi connectivity index (χ4v) is 0.317. The Morgan fingerprint density at radius 1 is 1.29 bits per heavy atom. The van der Waals surface area contributed by atoms with Crippen LogP contribution in [0.3, 0.4) is 0 Å². The van der Waals surface area contributed by atoms with Gasteiger partial charge in [-0.1, -0.05) is 0 Å². The molecule has 0 bridgehead atoms. The molecular formula is C5H11NaO7S. The third kappa shape index (κ3) is 39.2. The number of hydrogen-bond donors (Lipinski definition) is 4. The van der Waals surface area contributed by atoms with Gasteiger partial charge in [0, 0.05) is 0 Å². The van der Waals surface area contributed by atoms with Crippen LogP contribution in [-0.2, 0) is 15.2 Å². The minimum atomic E-state index is -4.67. The topological polar surface area (TPSA) is 132 Å². The standard InChI is InChI=1S/C5H9O3.Na.H2O4S/c6-3-1-2-5(8)4-7;;1-5(2,3)4/h5,7-8H,1-2,4H2;;(H2,1,2,3,4)/q-1;+1;. The van der Waals surface area contributed by atoms with E-state index in [4.69, 9.17) is 27.7 Å². The Kier molecular flexibility index (Phi) is 16.4. The van der Waals surface area contributed by atoms with E-state index in [0.29, 0.717) is 6.42 Å². The predicted octanol–water partition coefficient (Wildman–Crippen LogP) is -4.42. The molecule has 7 nitrogen and oxygen atoms in total. The van der Waals surface area contributed by atoms with Crippen molar-refractivity contribution in [3.05, 3.63) is 0 Å². The van der Waals surface area contributed by atoms with Gasteiger partial charge in [0.1, 0.15) is 0 Å². The van der Waals surface area contributed by atoms with Crippen molar-refractivity contribution in [2.45, 2.75) is 18.9 Å². The summed E-state index contributed by atoms with van der Waals surface area (Å²) in [6.07, 6.45) is 1.36. The Balaban J connectivity index is -0.000000177. The fourth-order valence-electron chi connectivity index (χ4n) is 0.317. The van der Waals surface area contributed by atoms with Crippen molar-refractivity contribution in [2.75, 3.05) is 6.61 Å². The molecule has 0 saturated carbocycles. The van der Waals surface area contributed by atoms with Crippen molar-refractivity contribution in [1.29, 1.82) is 0 Å². The molecule has 0 aliphatic rings. The van der Waals surface area contributed by atoms with Crippen molar-refractivity contribution in [2.24, 2.45) is 0 Å². The van der Waals surface area contributed by atoms with Crippen LogP contribution in [-0.4, -0.2) is 46.7 Å². The van der Waals surface area contributed by atoms with Crippen LogP contribution in [0.1, 0.15) is 12.8 Å². The van der Waals surface area contributed by atoms with Gasteiger partial charge in [0.05, 0.1) is 12.7 Å². The number of aliphatic hydroxyl groups is 2. The van der Waals surface area contributed by atoms with E-state index in [0.717, 1.165) is 0 Å². The van der Waals surface area contributed by atoms with E-state index in [1.54, 1.807) is 6.29 Å². The average Bonchev–Trinajstić information content (AvgIpc) is 1.97. The maximum absolute atomic E-state index is 9.51. The Hall–Kier alpha value is 0.460. The molecule has 0 heterocycles. The van der Waals surface area contributed by atoms with Crippen molar-refractivity contribution in [3.63, 3.8) is 0 Å². The van der Waals surface area contributed by atoms with E-state index in [-0.39, 0.29) is 42.6 Å². The van der Waals surface area contributed by atoms with E-state index in [9.17, 15) is 4.79 Å². The quantitative estimate of drug-likeness (QED) is 0.221. The van der Waals surface area contributed by atoms with Crippen LogP contribution in [0, 0.1) is 0 Å². The molecule has 1 unspecified atom stereocenters. The summed E-state index contributed by atoms with van der Waals surface area (Å²) in [6.45, 7) is -0.276. The summed E-state index contributed by atoms with van der Waals surface area (Å²) in [5.41, 5.74) is 0. The zero-order chi connectivity index (χ0) is 10.9. The Labute approximate surface area is 104 Å². The molecule has 0 aliphatic heterocycles. The first-order chi connectivity index (χ1) is 5.81. The molecule has 0 aromatic rings. The molecule has 0 rings (SSSR count). The van der Waals surface area contributed by atoms with Crippen LogP contribution in [0.25, 0.3) is 0 Å². The van der Waals surface area contributed by atoms with Crippen LogP contribution >= 0.6 is 0 Å². The van der Waals surface area contributed by atoms with Gasteiger partial charge < -0.3 is 15.0 Å². The molecule has 9 heteroatoms. The molecular weight excluding hydrogens is 227 g/mol. The number of hydrogen-bond acceptors (Lipinski definition) is 5. The molecule has 0 amide bonds. The van der Waals surface area contributed by atoms with Gasteiger partial charge >= 0.3 is 40.0 Å². The maximum atomic E-state index is 9.51. The van der Waals surface area contributed by atoms with Crippen LogP contribution < -0.4 is 29.6 Å². The van der Waals surface area contributed by atoms with Gasteiger partial charge in [-0.15, -0.1) is 6.42 Å². The van der Waals surface area contributed by atoms with Gasteiger partial charge in [-0.3, -0.25) is 15.4 Å². The van der Waals surface area contributed by atoms with Gasteiger partial charge in [-0.25, -0.2) is 0 Å². The third-order valence-electron chi connectivity index (χ3n) is 0.790. The second-order valence-electron chi connectivity index (χ2n) is 1.97. The van der Waals surface area contributed by atoms with Gasteiger partial charge in [0.25, 0.3) is 0 Å². The smallest absolute Gasteiger partial charge is 0.542 e. The maximum Gasteiger partial charge on any atom is 1.00 e. The van der Waals surface area contributed by atoms with Gasteiger partial charge in [0.2, 0.25) is 0 Å². The summed E-state index contributed by atoms with van der Waals surface area (Å²) in [6, 6.07) is 0. The van der Waals surface area contributed by atoms with E-state index in [2.05, 4.69) is 0 Å². The van der Waals surface area contributed by atoms with Crippen molar-refractivity contribution < 1.29 is 62.1 Å². The summed E-state index contributed by atoms with van der Waals surface area (Å²) >= 11 is 0. The molecule has 0 saturated heterocycles. The number of aliphatic hydroxyl groups excluding tert-OH is 2. The van der Waals surface area contributed by atoms with Crippen LogP contribution in [0.4, 0.5) is 0 Å². The molecule has 0 fully saturated rings. The first-order valence-electron chi connectivity index (χ1n) is 3.15.